The highest BCUT2D eigenvalue weighted by Gasteiger charge is 2.25. The summed E-state index contributed by atoms with van der Waals surface area (Å²) < 4.78 is 28.3. The van der Waals surface area contributed by atoms with Crippen LogP contribution in [-0.4, -0.2) is 57.2 Å². The second kappa shape index (κ2) is 11.8. The molecule has 1 unspecified atom stereocenters. The molecule has 170 valence electrons. The van der Waals surface area contributed by atoms with Gasteiger partial charge in [0.25, 0.3) is 0 Å². The second-order valence-electron chi connectivity index (χ2n) is 7.85. The highest BCUT2D eigenvalue weighted by Crippen LogP contribution is 2.13. The minimum Gasteiger partial charge on any atom is -0.497 e. The Kier molecular flexibility index (Phi) is 9.48. The second-order valence-corrected chi connectivity index (χ2v) is 10.0. The predicted molar refractivity (Wildman–Crippen MR) is 122 cm³/mol. The highest BCUT2D eigenvalue weighted by atomic mass is 32.2. The first kappa shape index (κ1) is 24.8. The van der Waals surface area contributed by atoms with Crippen molar-refractivity contribution in [2.24, 2.45) is 5.92 Å². The van der Waals surface area contributed by atoms with E-state index < -0.39 is 33.8 Å². The number of ether oxygens (including phenoxy) is 1. The monoisotopic (exact) mass is 448 g/mol. The van der Waals surface area contributed by atoms with Gasteiger partial charge in [0.15, 0.2) is 0 Å². The predicted octanol–water partition coefficient (Wildman–Crippen LogP) is 1.55. The van der Waals surface area contributed by atoms with Gasteiger partial charge in [-0.05, 0) is 29.7 Å². The molecule has 31 heavy (non-hydrogen) atoms. The Morgan fingerprint density at radius 3 is 2.42 bits per heavy atom. The Balaban J connectivity index is 2.01. The molecule has 0 aromatic heterocycles. The molecule has 2 aromatic carbocycles. The molecular formula is C23H32N2O5S. The molecule has 0 radical (unpaired) electrons. The van der Waals surface area contributed by atoms with Gasteiger partial charge in [-0.2, -0.15) is 0 Å². The van der Waals surface area contributed by atoms with Crippen LogP contribution in [0.15, 0.2) is 54.6 Å². The van der Waals surface area contributed by atoms with Crippen LogP contribution >= 0.6 is 0 Å². The van der Waals surface area contributed by atoms with Crippen molar-refractivity contribution in [3.05, 3.63) is 65.7 Å². The van der Waals surface area contributed by atoms with Crippen molar-refractivity contribution in [2.45, 2.75) is 32.0 Å². The van der Waals surface area contributed by atoms with E-state index >= 15 is 0 Å². The maximum Gasteiger partial charge on any atom is 0.224 e. The number of aliphatic hydroxyl groups excluding tert-OH is 1. The first-order valence-electron chi connectivity index (χ1n) is 10.2. The molecule has 2 rings (SSSR count). The van der Waals surface area contributed by atoms with E-state index in [1.165, 1.54) is 0 Å². The van der Waals surface area contributed by atoms with Gasteiger partial charge >= 0.3 is 0 Å². The molecule has 1 amide bonds. The van der Waals surface area contributed by atoms with Gasteiger partial charge in [-0.3, -0.25) is 4.79 Å². The van der Waals surface area contributed by atoms with Gasteiger partial charge in [-0.1, -0.05) is 49.4 Å². The fraction of sp³-hybridized carbons (Fsp3) is 0.435. The van der Waals surface area contributed by atoms with Crippen molar-refractivity contribution in [1.29, 1.82) is 0 Å². The van der Waals surface area contributed by atoms with Crippen LogP contribution in [0.1, 0.15) is 18.1 Å². The van der Waals surface area contributed by atoms with Crippen LogP contribution in [0.4, 0.5) is 0 Å². The van der Waals surface area contributed by atoms with Gasteiger partial charge in [-0.25, -0.2) is 8.42 Å². The summed E-state index contributed by atoms with van der Waals surface area (Å²) in [7, 11) is -1.67. The largest absolute Gasteiger partial charge is 0.497 e. The van der Waals surface area contributed by atoms with Gasteiger partial charge in [0.2, 0.25) is 5.91 Å². The molecule has 0 fully saturated rings. The van der Waals surface area contributed by atoms with Crippen LogP contribution < -0.4 is 15.4 Å². The first-order valence-corrected chi connectivity index (χ1v) is 12.3. The topological polar surface area (TPSA) is 105 Å². The van der Waals surface area contributed by atoms with E-state index in [9.17, 15) is 18.3 Å². The van der Waals surface area contributed by atoms with Crippen molar-refractivity contribution in [3.63, 3.8) is 0 Å². The number of benzene rings is 2. The quantitative estimate of drug-likeness (QED) is 0.455. The number of sulfone groups is 1. The SMILES string of the molecule is COc1cccc(CNC[C@H](O)[C@H](Cc2ccccc2)NC(=O)C(C)CS(C)(=O)=O)c1. The molecule has 0 spiro atoms. The molecule has 3 atom stereocenters. The number of rotatable bonds is 12. The lowest BCUT2D eigenvalue weighted by Crippen LogP contribution is -2.50. The molecule has 0 saturated heterocycles. The van der Waals surface area contributed by atoms with Gasteiger partial charge in [0.05, 0.1) is 25.0 Å². The van der Waals surface area contributed by atoms with Gasteiger partial charge in [-0.15, -0.1) is 0 Å². The molecule has 0 aliphatic rings. The fourth-order valence-corrected chi connectivity index (χ4v) is 4.35. The molecule has 0 saturated carbocycles. The average molecular weight is 449 g/mol. The van der Waals surface area contributed by atoms with Gasteiger partial charge in [0.1, 0.15) is 15.6 Å². The highest BCUT2D eigenvalue weighted by molar-refractivity contribution is 7.90. The van der Waals surface area contributed by atoms with Gasteiger partial charge in [0, 0.05) is 25.3 Å². The summed E-state index contributed by atoms with van der Waals surface area (Å²) in [5, 5.41) is 16.8. The molecule has 7 nitrogen and oxygen atoms in total. The summed E-state index contributed by atoms with van der Waals surface area (Å²) in [4.78, 5) is 12.6. The molecule has 8 heteroatoms. The summed E-state index contributed by atoms with van der Waals surface area (Å²) >= 11 is 0. The zero-order valence-electron chi connectivity index (χ0n) is 18.2. The average Bonchev–Trinajstić information content (AvgIpc) is 2.72. The maximum atomic E-state index is 12.6. The molecule has 0 heterocycles. The normalized spacial score (nSPS) is 14.5. The zero-order chi connectivity index (χ0) is 22.9. The Bertz CT molecular complexity index is 934. The lowest BCUT2D eigenvalue weighted by atomic mass is 10.00. The summed E-state index contributed by atoms with van der Waals surface area (Å²) in [5.74, 6) is -0.571. The summed E-state index contributed by atoms with van der Waals surface area (Å²) in [5.41, 5.74) is 1.98. The Labute approximate surface area is 184 Å². The summed E-state index contributed by atoms with van der Waals surface area (Å²) in [6.45, 7) is 2.36. The summed E-state index contributed by atoms with van der Waals surface area (Å²) in [6, 6.07) is 16.6. The Morgan fingerprint density at radius 1 is 1.10 bits per heavy atom. The van der Waals surface area contributed by atoms with Crippen LogP contribution in [0, 0.1) is 5.92 Å². The minimum atomic E-state index is -3.28. The molecule has 2 aromatic rings. The van der Waals surface area contributed by atoms with Crippen LogP contribution in [-0.2, 0) is 27.6 Å². The fourth-order valence-electron chi connectivity index (χ4n) is 3.30. The van der Waals surface area contributed by atoms with Crippen LogP contribution in [0.25, 0.3) is 0 Å². The molecule has 0 aliphatic carbocycles. The lowest BCUT2D eigenvalue weighted by Gasteiger charge is -2.26. The zero-order valence-corrected chi connectivity index (χ0v) is 19.1. The minimum absolute atomic E-state index is 0.235. The molecular weight excluding hydrogens is 416 g/mol. The van der Waals surface area contributed by atoms with Crippen LogP contribution in [0.3, 0.4) is 0 Å². The van der Waals surface area contributed by atoms with E-state index in [1.807, 2.05) is 54.6 Å². The Morgan fingerprint density at radius 2 is 1.77 bits per heavy atom. The first-order chi connectivity index (χ1) is 14.7. The lowest BCUT2D eigenvalue weighted by molar-refractivity contribution is -0.125. The number of amides is 1. The number of methoxy groups -OCH3 is 1. The van der Waals surface area contributed by atoms with Crippen LogP contribution in [0.5, 0.6) is 5.75 Å². The van der Waals surface area contributed by atoms with Crippen molar-refractivity contribution in [3.8, 4) is 5.75 Å². The van der Waals surface area contributed by atoms with Crippen LogP contribution in [0.2, 0.25) is 0 Å². The standard InChI is InChI=1S/C23H32N2O5S/c1-17(16-31(3,28)29)23(27)25-21(13-18-8-5-4-6-9-18)22(26)15-24-14-19-10-7-11-20(12-19)30-2/h4-12,17,21-22,24,26H,13-16H2,1-3H3,(H,25,27)/t17?,21-,22-/m0/s1. The van der Waals surface area contributed by atoms with E-state index in [2.05, 4.69) is 10.6 Å². The van der Waals surface area contributed by atoms with Crippen molar-refractivity contribution >= 4 is 15.7 Å². The van der Waals surface area contributed by atoms with E-state index in [-0.39, 0.29) is 12.3 Å². The maximum absolute atomic E-state index is 12.6. The number of carbonyl (C=O) groups is 1. The summed E-state index contributed by atoms with van der Waals surface area (Å²) in [6.07, 6.45) is 0.677. The van der Waals surface area contributed by atoms with E-state index in [1.54, 1.807) is 14.0 Å². The number of hydrogen-bond acceptors (Lipinski definition) is 6. The van der Waals surface area contributed by atoms with E-state index in [4.69, 9.17) is 4.74 Å². The number of aliphatic hydroxyl groups is 1. The third kappa shape index (κ3) is 9.08. The van der Waals surface area contributed by atoms with Crippen molar-refractivity contribution in [1.82, 2.24) is 10.6 Å². The molecule has 0 aliphatic heterocycles. The van der Waals surface area contributed by atoms with Gasteiger partial charge < -0.3 is 20.5 Å². The molecule has 3 N–H and O–H groups in total. The van der Waals surface area contributed by atoms with E-state index in [0.29, 0.717) is 13.0 Å². The smallest absolute Gasteiger partial charge is 0.224 e. The molecule has 0 bridgehead atoms. The third-order valence-corrected chi connectivity index (χ3v) is 6.01. The number of nitrogens with one attached hydrogen (secondary N) is 2. The number of hydrogen-bond donors (Lipinski definition) is 3. The third-order valence-electron chi connectivity index (χ3n) is 4.91. The Hall–Kier alpha value is -2.42. The van der Waals surface area contributed by atoms with Crippen molar-refractivity contribution in [2.75, 3.05) is 25.7 Å². The van der Waals surface area contributed by atoms with E-state index in [0.717, 1.165) is 23.1 Å². The van der Waals surface area contributed by atoms with Crippen molar-refractivity contribution < 1.29 is 23.1 Å². The number of carbonyl (C=O) groups excluding carboxylic acids is 1.